The normalized spacial score (nSPS) is 12.0. The van der Waals surface area contributed by atoms with Gasteiger partial charge >= 0.3 is 0 Å². The lowest BCUT2D eigenvalue weighted by Crippen LogP contribution is -2.22. The Kier molecular flexibility index (Phi) is 5.60. The van der Waals surface area contributed by atoms with Crippen LogP contribution in [-0.2, 0) is 0 Å². The van der Waals surface area contributed by atoms with Crippen molar-refractivity contribution in [3.63, 3.8) is 0 Å². The van der Waals surface area contributed by atoms with Gasteiger partial charge in [-0.25, -0.2) is 9.38 Å². The minimum absolute atomic E-state index is 0.0556. The Morgan fingerprint density at radius 3 is 2.56 bits per heavy atom. The van der Waals surface area contributed by atoms with Gasteiger partial charge in [0.15, 0.2) is 4.96 Å². The van der Waals surface area contributed by atoms with Gasteiger partial charge in [0.05, 0.1) is 28.8 Å². The van der Waals surface area contributed by atoms with Crippen molar-refractivity contribution in [3.8, 4) is 11.5 Å². The Morgan fingerprint density at radius 2 is 1.69 bits per heavy atom. The maximum Gasteiger partial charge on any atom is 0.274 e. The number of ether oxygens (including phenoxy) is 2. The molecule has 3 aromatic carbocycles. The summed E-state index contributed by atoms with van der Waals surface area (Å²) in [4.78, 5) is 18.3. The van der Waals surface area contributed by atoms with Crippen molar-refractivity contribution in [3.05, 3.63) is 98.8 Å². The molecule has 0 spiro atoms. The van der Waals surface area contributed by atoms with Crippen molar-refractivity contribution < 1.29 is 9.47 Å². The van der Waals surface area contributed by atoms with E-state index in [0.717, 1.165) is 34.5 Å². The first-order valence-electron chi connectivity index (χ1n) is 10.5. The van der Waals surface area contributed by atoms with Crippen LogP contribution in [0.5, 0.6) is 11.5 Å². The van der Waals surface area contributed by atoms with Crippen LogP contribution in [0.25, 0.3) is 22.1 Å². The van der Waals surface area contributed by atoms with E-state index in [1.807, 2.05) is 78.9 Å². The Bertz CT molecular complexity index is 1490. The van der Waals surface area contributed by atoms with Crippen molar-refractivity contribution >= 4 is 33.4 Å². The maximum atomic E-state index is 13.0. The smallest absolute Gasteiger partial charge is 0.274 e. The number of thiazole rings is 1. The molecule has 0 radical (unpaired) electrons. The molecule has 5 nitrogen and oxygen atoms in total. The lowest BCUT2D eigenvalue weighted by Gasteiger charge is -2.10. The standard InChI is InChI=1S/C26H22N2O3S/c1-18-11-13-20(14-12-18)30-15-6-16-31-23-10-5-2-7-19(23)17-24-25(29)28-22-9-4-3-8-21(22)27-26(28)32-24/h2-5,7-14,17H,6,15-16H2,1H3/b24-17+. The first-order chi connectivity index (χ1) is 15.7. The number of aromatic nitrogens is 2. The van der Waals surface area contributed by atoms with Gasteiger partial charge in [0.1, 0.15) is 11.5 Å². The van der Waals surface area contributed by atoms with E-state index in [-0.39, 0.29) is 5.56 Å². The molecular weight excluding hydrogens is 420 g/mol. The van der Waals surface area contributed by atoms with Crippen molar-refractivity contribution in [1.82, 2.24) is 9.38 Å². The van der Waals surface area contributed by atoms with E-state index in [2.05, 4.69) is 11.9 Å². The summed E-state index contributed by atoms with van der Waals surface area (Å²) in [6, 6.07) is 23.5. The number of para-hydroxylation sites is 3. The van der Waals surface area contributed by atoms with Crippen LogP contribution >= 0.6 is 11.3 Å². The molecular formula is C26H22N2O3S. The summed E-state index contributed by atoms with van der Waals surface area (Å²) in [5, 5.41) is 0. The Balaban J connectivity index is 1.31. The van der Waals surface area contributed by atoms with Crippen LogP contribution < -0.4 is 19.6 Å². The average molecular weight is 443 g/mol. The molecule has 6 heteroatoms. The van der Waals surface area contributed by atoms with Gasteiger partial charge in [-0.1, -0.05) is 59.4 Å². The Labute approximate surface area is 189 Å². The first-order valence-corrected chi connectivity index (χ1v) is 11.3. The fourth-order valence-corrected chi connectivity index (χ4v) is 4.53. The second-order valence-corrected chi connectivity index (χ2v) is 8.54. The van der Waals surface area contributed by atoms with Crippen LogP contribution in [0.1, 0.15) is 17.5 Å². The number of imidazole rings is 1. The molecule has 0 aliphatic carbocycles. The SMILES string of the molecule is Cc1ccc(OCCCOc2ccccc2/C=c2/sc3nc4ccccc4n3c2=O)cc1. The summed E-state index contributed by atoms with van der Waals surface area (Å²) in [5.74, 6) is 1.61. The van der Waals surface area contributed by atoms with Gasteiger partial charge in [-0.2, -0.15) is 0 Å². The molecule has 0 fully saturated rings. The predicted octanol–water partition coefficient (Wildman–Crippen LogP) is 4.61. The van der Waals surface area contributed by atoms with E-state index < -0.39 is 0 Å². The molecule has 0 saturated heterocycles. The molecule has 32 heavy (non-hydrogen) atoms. The number of nitrogens with zero attached hydrogens (tertiary/aromatic N) is 2. The summed E-state index contributed by atoms with van der Waals surface area (Å²) in [7, 11) is 0. The van der Waals surface area contributed by atoms with Crippen LogP contribution in [-0.4, -0.2) is 22.6 Å². The molecule has 2 aromatic heterocycles. The number of hydrogen-bond acceptors (Lipinski definition) is 5. The monoisotopic (exact) mass is 442 g/mol. The Morgan fingerprint density at radius 1 is 0.938 bits per heavy atom. The van der Waals surface area contributed by atoms with E-state index >= 15 is 0 Å². The highest BCUT2D eigenvalue weighted by Crippen LogP contribution is 2.20. The van der Waals surface area contributed by atoms with Gasteiger partial charge in [0.25, 0.3) is 5.56 Å². The number of hydrogen-bond donors (Lipinski definition) is 0. The second-order valence-electron chi connectivity index (χ2n) is 7.54. The third-order valence-corrected chi connectivity index (χ3v) is 6.16. The highest BCUT2D eigenvalue weighted by molar-refractivity contribution is 7.15. The van der Waals surface area contributed by atoms with Crippen LogP contribution in [0.4, 0.5) is 0 Å². The van der Waals surface area contributed by atoms with Crippen molar-refractivity contribution in [2.24, 2.45) is 0 Å². The molecule has 0 aliphatic heterocycles. The second kappa shape index (κ2) is 8.85. The lowest BCUT2D eigenvalue weighted by molar-refractivity contribution is 0.247. The molecule has 0 bridgehead atoms. The molecule has 2 heterocycles. The highest BCUT2D eigenvalue weighted by Gasteiger charge is 2.11. The zero-order valence-corrected chi connectivity index (χ0v) is 18.5. The van der Waals surface area contributed by atoms with E-state index in [9.17, 15) is 4.79 Å². The van der Waals surface area contributed by atoms with Gasteiger partial charge in [0, 0.05) is 12.0 Å². The third kappa shape index (κ3) is 4.09. The highest BCUT2D eigenvalue weighted by atomic mass is 32.1. The molecule has 0 saturated carbocycles. The average Bonchev–Trinajstić information content (AvgIpc) is 3.32. The van der Waals surface area contributed by atoms with Crippen LogP contribution in [0.3, 0.4) is 0 Å². The minimum atomic E-state index is -0.0556. The van der Waals surface area contributed by atoms with Crippen LogP contribution in [0.15, 0.2) is 77.6 Å². The van der Waals surface area contributed by atoms with Gasteiger partial charge in [-0.15, -0.1) is 0 Å². The Hall–Kier alpha value is -3.64. The number of benzene rings is 3. The summed E-state index contributed by atoms with van der Waals surface area (Å²) < 4.78 is 14.1. The molecule has 0 aliphatic rings. The van der Waals surface area contributed by atoms with Gasteiger partial charge < -0.3 is 9.47 Å². The molecule has 0 N–H and O–H groups in total. The van der Waals surface area contributed by atoms with Crippen LogP contribution in [0.2, 0.25) is 0 Å². The van der Waals surface area contributed by atoms with Gasteiger partial charge in [0.2, 0.25) is 0 Å². The summed E-state index contributed by atoms with van der Waals surface area (Å²) >= 11 is 1.39. The predicted molar refractivity (Wildman–Crippen MR) is 129 cm³/mol. The summed E-state index contributed by atoms with van der Waals surface area (Å²) in [6.45, 7) is 3.16. The number of aryl methyl sites for hydroxylation is 1. The topological polar surface area (TPSA) is 52.8 Å². The molecule has 5 rings (SSSR count). The fraction of sp³-hybridized carbons (Fsp3) is 0.154. The van der Waals surface area contributed by atoms with Crippen molar-refractivity contribution in [2.45, 2.75) is 13.3 Å². The third-order valence-electron chi connectivity index (χ3n) is 5.19. The summed E-state index contributed by atoms with van der Waals surface area (Å²) in [5.41, 5.74) is 3.69. The van der Waals surface area contributed by atoms with E-state index in [4.69, 9.17) is 9.47 Å². The largest absolute Gasteiger partial charge is 0.493 e. The molecule has 5 aromatic rings. The van der Waals surface area contributed by atoms with Crippen LogP contribution in [0, 0.1) is 6.92 Å². The van der Waals surface area contributed by atoms with Crippen molar-refractivity contribution in [2.75, 3.05) is 13.2 Å². The zero-order valence-electron chi connectivity index (χ0n) is 17.7. The van der Waals surface area contributed by atoms with E-state index in [1.165, 1.54) is 16.9 Å². The minimum Gasteiger partial charge on any atom is -0.493 e. The quantitative estimate of drug-likeness (QED) is 0.345. The number of fused-ring (bicyclic) bond motifs is 3. The summed E-state index contributed by atoms with van der Waals surface area (Å²) in [6.07, 6.45) is 2.64. The zero-order chi connectivity index (χ0) is 21.9. The van der Waals surface area contributed by atoms with E-state index in [1.54, 1.807) is 4.40 Å². The lowest BCUT2D eigenvalue weighted by atomic mass is 10.2. The molecule has 0 amide bonds. The fourth-order valence-electron chi connectivity index (χ4n) is 3.55. The maximum absolute atomic E-state index is 13.0. The van der Waals surface area contributed by atoms with Gasteiger partial charge in [-0.3, -0.25) is 4.79 Å². The molecule has 0 unspecified atom stereocenters. The number of rotatable bonds is 7. The van der Waals surface area contributed by atoms with E-state index in [0.29, 0.717) is 22.7 Å². The first kappa shape index (κ1) is 20.3. The molecule has 160 valence electrons. The van der Waals surface area contributed by atoms with Crippen molar-refractivity contribution in [1.29, 1.82) is 0 Å². The van der Waals surface area contributed by atoms with Gasteiger partial charge in [-0.05, 0) is 43.3 Å². The molecule has 0 atom stereocenters.